The summed E-state index contributed by atoms with van der Waals surface area (Å²) < 4.78 is 6.21. The highest BCUT2D eigenvalue weighted by Gasteiger charge is 2.64. The third kappa shape index (κ3) is 3.35. The van der Waals surface area contributed by atoms with Crippen LogP contribution < -0.4 is 10.1 Å². The Morgan fingerprint density at radius 3 is 2.41 bits per heavy atom. The molecule has 1 aromatic heterocycles. The van der Waals surface area contributed by atoms with Crippen molar-refractivity contribution in [2.45, 2.75) is 39.8 Å². The number of carbonyl (C=O) groups is 1. The Morgan fingerprint density at radius 2 is 1.85 bits per heavy atom. The van der Waals surface area contributed by atoms with Crippen LogP contribution in [0.3, 0.4) is 0 Å². The first kappa shape index (κ1) is 19.1. The van der Waals surface area contributed by atoms with E-state index in [2.05, 4.69) is 43.0 Å². The summed E-state index contributed by atoms with van der Waals surface area (Å²) in [5.41, 5.74) is 0.211. The number of carbonyl (C=O) groups excluding carboxylic acids is 1. The van der Waals surface area contributed by atoms with Crippen molar-refractivity contribution in [2.75, 3.05) is 0 Å². The van der Waals surface area contributed by atoms with Gasteiger partial charge in [-0.3, -0.25) is 4.79 Å². The molecule has 27 heavy (non-hydrogen) atoms. The molecular formula is C20H21ClN4O2. The average molecular weight is 385 g/mol. The van der Waals surface area contributed by atoms with Gasteiger partial charge in [-0.15, -0.1) is 0 Å². The van der Waals surface area contributed by atoms with Crippen molar-refractivity contribution in [1.82, 2.24) is 15.3 Å². The van der Waals surface area contributed by atoms with Gasteiger partial charge in [-0.1, -0.05) is 39.3 Å². The lowest BCUT2D eigenvalue weighted by atomic mass is 9.49. The molecule has 0 aliphatic heterocycles. The molecule has 140 valence electrons. The van der Waals surface area contributed by atoms with E-state index in [1.54, 1.807) is 18.2 Å². The van der Waals surface area contributed by atoms with Crippen LogP contribution in [0.4, 0.5) is 0 Å². The topological polar surface area (TPSA) is 87.9 Å². The quantitative estimate of drug-likeness (QED) is 0.869. The summed E-state index contributed by atoms with van der Waals surface area (Å²) in [6.45, 7) is 8.22. The Kier molecular flexibility index (Phi) is 4.83. The molecule has 1 amide bonds. The molecular weight excluding hydrogens is 364 g/mol. The summed E-state index contributed by atoms with van der Waals surface area (Å²) in [5.74, 6) is 0.396. The lowest BCUT2D eigenvalue weighted by molar-refractivity contribution is -0.164. The maximum atomic E-state index is 12.5. The molecule has 0 atom stereocenters. The van der Waals surface area contributed by atoms with Crippen LogP contribution in [0, 0.1) is 22.2 Å². The molecule has 1 fully saturated rings. The molecule has 1 saturated carbocycles. The van der Waals surface area contributed by atoms with Crippen LogP contribution in [0.25, 0.3) is 0 Å². The van der Waals surface area contributed by atoms with E-state index in [0.29, 0.717) is 21.9 Å². The first-order valence-electron chi connectivity index (χ1n) is 8.60. The van der Waals surface area contributed by atoms with Gasteiger partial charge in [0.1, 0.15) is 24.3 Å². The highest BCUT2D eigenvalue weighted by molar-refractivity contribution is 6.31. The molecule has 0 spiro atoms. The number of hydrogen-bond donors (Lipinski definition) is 1. The van der Waals surface area contributed by atoms with Gasteiger partial charge in [0.2, 0.25) is 0 Å². The lowest BCUT2D eigenvalue weighted by Crippen LogP contribution is -2.74. The third-order valence-corrected chi connectivity index (χ3v) is 5.57. The van der Waals surface area contributed by atoms with E-state index >= 15 is 0 Å². The van der Waals surface area contributed by atoms with E-state index in [-0.39, 0.29) is 28.9 Å². The van der Waals surface area contributed by atoms with Crippen molar-refractivity contribution in [3.63, 3.8) is 0 Å². The first-order chi connectivity index (χ1) is 12.7. The normalized spacial score (nSPS) is 22.2. The van der Waals surface area contributed by atoms with E-state index in [9.17, 15) is 4.79 Å². The van der Waals surface area contributed by atoms with Gasteiger partial charge in [0.25, 0.3) is 5.91 Å². The summed E-state index contributed by atoms with van der Waals surface area (Å²) in [7, 11) is 0. The molecule has 0 radical (unpaired) electrons. The van der Waals surface area contributed by atoms with E-state index in [0.717, 1.165) is 0 Å². The number of ether oxygens (including phenoxy) is 1. The Bertz CT molecular complexity index is 890. The Morgan fingerprint density at radius 1 is 1.22 bits per heavy atom. The van der Waals surface area contributed by atoms with Crippen LogP contribution in [-0.2, 0) is 0 Å². The van der Waals surface area contributed by atoms with Crippen molar-refractivity contribution in [2.24, 2.45) is 10.8 Å². The maximum Gasteiger partial charge on any atom is 0.254 e. The first-order valence-corrected chi connectivity index (χ1v) is 8.98. The maximum absolute atomic E-state index is 12.5. The van der Waals surface area contributed by atoms with Crippen LogP contribution in [-0.4, -0.2) is 28.0 Å². The molecule has 1 heterocycles. The van der Waals surface area contributed by atoms with E-state index in [4.69, 9.17) is 21.6 Å². The van der Waals surface area contributed by atoms with Crippen LogP contribution in [0.2, 0.25) is 5.02 Å². The van der Waals surface area contributed by atoms with Crippen molar-refractivity contribution >= 4 is 17.5 Å². The zero-order chi connectivity index (χ0) is 19.8. The van der Waals surface area contributed by atoms with Gasteiger partial charge in [0, 0.05) is 35.3 Å². The molecule has 7 heteroatoms. The fourth-order valence-electron chi connectivity index (χ4n) is 4.23. The standard InChI is InChI=1S/C20H21ClN4O2/c1-19(2)17(25-16(26)13-9-23-11-24-10-13)20(3,4)18(19)27-14-6-5-12(8-22)15(21)7-14/h5-7,9-11,17-18H,1-4H3,(H,25,26)/t17-,18-. The minimum atomic E-state index is -0.310. The number of aromatic nitrogens is 2. The van der Waals surface area contributed by atoms with Crippen molar-refractivity contribution in [1.29, 1.82) is 5.26 Å². The summed E-state index contributed by atoms with van der Waals surface area (Å²) >= 11 is 6.11. The Labute approximate surface area is 163 Å². The van der Waals surface area contributed by atoms with Gasteiger partial charge in [-0.05, 0) is 12.1 Å². The van der Waals surface area contributed by atoms with Crippen LogP contribution >= 0.6 is 11.6 Å². The number of hydrogen-bond acceptors (Lipinski definition) is 5. The summed E-state index contributed by atoms with van der Waals surface area (Å²) in [4.78, 5) is 20.3. The minimum absolute atomic E-state index is 0.100. The number of rotatable bonds is 4. The monoisotopic (exact) mass is 384 g/mol. The van der Waals surface area contributed by atoms with Crippen LogP contribution in [0.5, 0.6) is 5.75 Å². The van der Waals surface area contributed by atoms with Crippen molar-refractivity contribution < 1.29 is 9.53 Å². The summed E-state index contributed by atoms with van der Waals surface area (Å²) in [5, 5.41) is 12.5. The minimum Gasteiger partial charge on any atom is -0.489 e. The molecule has 0 bridgehead atoms. The average Bonchev–Trinajstić information content (AvgIpc) is 2.64. The lowest BCUT2D eigenvalue weighted by Gasteiger charge is -2.63. The third-order valence-electron chi connectivity index (χ3n) is 5.25. The van der Waals surface area contributed by atoms with Crippen LogP contribution in [0.15, 0.2) is 36.9 Å². The van der Waals surface area contributed by atoms with Gasteiger partial charge in [0.05, 0.1) is 16.1 Å². The molecule has 2 aromatic rings. The van der Waals surface area contributed by atoms with Crippen molar-refractivity contribution in [3.8, 4) is 11.8 Å². The van der Waals surface area contributed by atoms with Crippen molar-refractivity contribution in [3.05, 3.63) is 53.1 Å². The second-order valence-corrected chi connectivity index (χ2v) is 8.33. The highest BCUT2D eigenvalue weighted by Crippen LogP contribution is 2.55. The number of nitriles is 1. The Hall–Kier alpha value is -2.65. The molecule has 1 aliphatic carbocycles. The SMILES string of the molecule is CC1(C)[C@H](NC(=O)c2cncnc2)C(C)(C)[C@H]1Oc1ccc(C#N)c(Cl)c1. The molecule has 3 rings (SSSR count). The van der Waals surface area contributed by atoms with E-state index in [1.165, 1.54) is 18.7 Å². The second-order valence-electron chi connectivity index (χ2n) is 7.93. The van der Waals surface area contributed by atoms with Gasteiger partial charge in [-0.25, -0.2) is 9.97 Å². The fraction of sp³-hybridized carbons (Fsp3) is 0.400. The molecule has 1 aliphatic rings. The smallest absolute Gasteiger partial charge is 0.254 e. The van der Waals surface area contributed by atoms with Crippen LogP contribution in [0.1, 0.15) is 43.6 Å². The fourth-order valence-corrected chi connectivity index (χ4v) is 4.44. The number of nitrogens with one attached hydrogen (secondary N) is 1. The molecule has 0 saturated heterocycles. The summed E-state index contributed by atoms with van der Waals surface area (Å²) in [6.07, 6.45) is 4.23. The number of halogens is 1. The summed E-state index contributed by atoms with van der Waals surface area (Å²) in [6, 6.07) is 6.97. The largest absolute Gasteiger partial charge is 0.489 e. The van der Waals surface area contributed by atoms with E-state index < -0.39 is 0 Å². The predicted octanol–water partition coefficient (Wildman–Crippen LogP) is 3.61. The Balaban J connectivity index is 1.77. The zero-order valence-corrected chi connectivity index (χ0v) is 16.4. The van der Waals surface area contributed by atoms with E-state index in [1.807, 2.05) is 6.07 Å². The number of benzene rings is 1. The molecule has 1 N–H and O–H groups in total. The van der Waals surface area contributed by atoms with Gasteiger partial charge >= 0.3 is 0 Å². The molecule has 1 aromatic carbocycles. The highest BCUT2D eigenvalue weighted by atomic mass is 35.5. The van der Waals surface area contributed by atoms with Gasteiger partial charge in [0.15, 0.2) is 0 Å². The predicted molar refractivity (Wildman–Crippen MR) is 101 cm³/mol. The second kappa shape index (κ2) is 6.82. The van der Waals surface area contributed by atoms with Gasteiger partial charge in [-0.2, -0.15) is 5.26 Å². The number of amides is 1. The number of nitrogens with zero attached hydrogens (tertiary/aromatic N) is 3. The molecule has 0 unspecified atom stereocenters. The van der Waals surface area contributed by atoms with Gasteiger partial charge < -0.3 is 10.1 Å². The molecule has 6 nitrogen and oxygen atoms in total. The zero-order valence-electron chi connectivity index (χ0n) is 15.7.